The maximum atomic E-state index is 12.9. The number of imide groups is 2. The van der Waals surface area contributed by atoms with Crippen molar-refractivity contribution in [2.75, 3.05) is 12.0 Å². The number of nitrogens with one attached hydrogen (secondary N) is 1. The van der Waals surface area contributed by atoms with Crippen LogP contribution in [0.3, 0.4) is 0 Å². The molecule has 2 N–H and O–H groups in total. The number of carbonyl (C=O) groups excluding carboxylic acids is 3. The van der Waals surface area contributed by atoms with Crippen LogP contribution in [0.1, 0.15) is 16.7 Å². The SMILES string of the molecule is COc1cc(/C=C2\C(=O)NC(=O)N(c3ccc(C)c(C)c3)C2=O)cc(Br)c1O. The van der Waals surface area contributed by atoms with Gasteiger partial charge >= 0.3 is 6.03 Å². The predicted molar refractivity (Wildman–Crippen MR) is 107 cm³/mol. The van der Waals surface area contributed by atoms with Gasteiger partial charge in [-0.25, -0.2) is 9.69 Å². The summed E-state index contributed by atoms with van der Waals surface area (Å²) in [5, 5.41) is 12.1. The molecule has 28 heavy (non-hydrogen) atoms. The molecule has 8 heteroatoms. The van der Waals surface area contributed by atoms with Crippen molar-refractivity contribution < 1.29 is 24.2 Å². The number of phenols is 1. The molecule has 1 aliphatic rings. The topological polar surface area (TPSA) is 95.9 Å². The standard InChI is InChI=1S/C20H17BrN2O5/c1-10-4-5-13(6-11(10)2)23-19(26)14(18(25)22-20(23)27)7-12-8-15(21)17(24)16(9-12)28-3/h4-9,24H,1-3H3,(H,22,25,27)/b14-7+. The van der Waals surface area contributed by atoms with E-state index in [1.54, 1.807) is 18.2 Å². The molecule has 0 saturated carbocycles. The summed E-state index contributed by atoms with van der Waals surface area (Å²) in [6.07, 6.45) is 1.34. The van der Waals surface area contributed by atoms with Crippen LogP contribution >= 0.6 is 15.9 Å². The first kappa shape index (κ1) is 19.6. The number of benzene rings is 2. The van der Waals surface area contributed by atoms with Gasteiger partial charge in [0, 0.05) is 0 Å². The largest absolute Gasteiger partial charge is 0.503 e. The van der Waals surface area contributed by atoms with Gasteiger partial charge in [0.1, 0.15) is 5.57 Å². The van der Waals surface area contributed by atoms with Crippen molar-refractivity contribution in [3.8, 4) is 11.5 Å². The first-order valence-electron chi connectivity index (χ1n) is 8.28. The van der Waals surface area contributed by atoms with Crippen LogP contribution in [0.15, 0.2) is 40.4 Å². The summed E-state index contributed by atoms with van der Waals surface area (Å²) >= 11 is 3.20. The number of aryl methyl sites for hydroxylation is 2. The van der Waals surface area contributed by atoms with Crippen LogP contribution in [0.2, 0.25) is 0 Å². The van der Waals surface area contributed by atoms with E-state index in [0.29, 0.717) is 15.7 Å². The Morgan fingerprint density at radius 3 is 2.46 bits per heavy atom. The second-order valence-corrected chi connectivity index (χ2v) is 7.13. The lowest BCUT2D eigenvalue weighted by Crippen LogP contribution is -2.54. The van der Waals surface area contributed by atoms with Crippen molar-refractivity contribution in [3.05, 3.63) is 57.1 Å². The van der Waals surface area contributed by atoms with E-state index in [1.807, 2.05) is 13.8 Å². The van der Waals surface area contributed by atoms with Crippen LogP contribution in [0, 0.1) is 13.8 Å². The zero-order valence-corrected chi connectivity index (χ0v) is 17.0. The van der Waals surface area contributed by atoms with Gasteiger partial charge in [0.25, 0.3) is 11.8 Å². The Bertz CT molecular complexity index is 1050. The molecule has 1 fully saturated rings. The molecule has 2 aromatic carbocycles. The molecule has 3 rings (SSSR count). The van der Waals surface area contributed by atoms with Gasteiger partial charge in [0.15, 0.2) is 11.5 Å². The number of aromatic hydroxyl groups is 1. The molecule has 0 aromatic heterocycles. The van der Waals surface area contributed by atoms with Gasteiger partial charge in [-0.15, -0.1) is 0 Å². The molecule has 144 valence electrons. The first-order valence-corrected chi connectivity index (χ1v) is 9.07. The minimum absolute atomic E-state index is 0.101. The number of ether oxygens (including phenoxy) is 1. The fourth-order valence-electron chi connectivity index (χ4n) is 2.76. The molecule has 0 bridgehead atoms. The average Bonchev–Trinajstić information content (AvgIpc) is 2.64. The van der Waals surface area contributed by atoms with Crippen LogP contribution in [0.4, 0.5) is 10.5 Å². The summed E-state index contributed by atoms with van der Waals surface area (Å²) in [5.74, 6) is -1.46. The zero-order valence-electron chi connectivity index (χ0n) is 15.4. The van der Waals surface area contributed by atoms with E-state index < -0.39 is 17.8 Å². The lowest BCUT2D eigenvalue weighted by molar-refractivity contribution is -0.122. The van der Waals surface area contributed by atoms with Crippen molar-refractivity contribution in [1.29, 1.82) is 0 Å². The van der Waals surface area contributed by atoms with Crippen molar-refractivity contribution in [2.45, 2.75) is 13.8 Å². The molecule has 1 aliphatic heterocycles. The number of hydrogen-bond donors (Lipinski definition) is 2. The molecule has 0 unspecified atom stereocenters. The molecule has 0 atom stereocenters. The summed E-state index contributed by atoms with van der Waals surface area (Å²) in [4.78, 5) is 38.4. The third kappa shape index (κ3) is 3.50. The predicted octanol–water partition coefficient (Wildman–Crippen LogP) is 3.45. The Hall–Kier alpha value is -3.13. The summed E-state index contributed by atoms with van der Waals surface area (Å²) in [7, 11) is 1.39. The zero-order chi connectivity index (χ0) is 20.6. The average molecular weight is 445 g/mol. The number of halogens is 1. The summed E-state index contributed by atoms with van der Waals surface area (Å²) in [5.41, 5.74) is 2.52. The normalized spacial score (nSPS) is 15.8. The fourth-order valence-corrected chi connectivity index (χ4v) is 3.22. The molecule has 0 radical (unpaired) electrons. The Labute approximate surface area is 169 Å². The number of urea groups is 1. The highest BCUT2D eigenvalue weighted by Gasteiger charge is 2.37. The number of rotatable bonds is 3. The summed E-state index contributed by atoms with van der Waals surface area (Å²) in [6, 6.07) is 7.35. The number of methoxy groups -OCH3 is 1. The minimum atomic E-state index is -0.806. The molecular formula is C20H17BrN2O5. The third-order valence-corrected chi connectivity index (χ3v) is 5.04. The van der Waals surface area contributed by atoms with Crippen LogP contribution in [0.5, 0.6) is 11.5 Å². The summed E-state index contributed by atoms with van der Waals surface area (Å²) in [6.45, 7) is 3.79. The molecule has 1 heterocycles. The van der Waals surface area contributed by atoms with Crippen LogP contribution in [-0.4, -0.2) is 30.1 Å². The third-order valence-electron chi connectivity index (χ3n) is 4.43. The van der Waals surface area contributed by atoms with E-state index in [4.69, 9.17) is 4.74 Å². The maximum Gasteiger partial charge on any atom is 0.335 e. The second kappa shape index (κ2) is 7.47. The van der Waals surface area contributed by atoms with Crippen molar-refractivity contribution >= 4 is 45.5 Å². The second-order valence-electron chi connectivity index (χ2n) is 6.28. The van der Waals surface area contributed by atoms with Gasteiger partial charge in [0.2, 0.25) is 0 Å². The van der Waals surface area contributed by atoms with Crippen molar-refractivity contribution in [3.63, 3.8) is 0 Å². The molecule has 7 nitrogen and oxygen atoms in total. The number of anilines is 1. The number of amides is 4. The van der Waals surface area contributed by atoms with E-state index >= 15 is 0 Å². The van der Waals surface area contributed by atoms with E-state index in [0.717, 1.165) is 16.0 Å². The first-order chi connectivity index (χ1) is 13.2. The van der Waals surface area contributed by atoms with E-state index in [9.17, 15) is 19.5 Å². The molecule has 4 amide bonds. The highest BCUT2D eigenvalue weighted by molar-refractivity contribution is 9.10. The van der Waals surface area contributed by atoms with Crippen LogP contribution in [0.25, 0.3) is 6.08 Å². The fraction of sp³-hybridized carbons (Fsp3) is 0.150. The lowest BCUT2D eigenvalue weighted by atomic mass is 10.0. The van der Waals surface area contributed by atoms with Gasteiger partial charge in [0.05, 0.1) is 17.3 Å². The number of phenolic OH excluding ortho intramolecular Hbond substituents is 1. The van der Waals surface area contributed by atoms with Crippen LogP contribution < -0.4 is 15.0 Å². The van der Waals surface area contributed by atoms with E-state index in [-0.39, 0.29) is 17.1 Å². The van der Waals surface area contributed by atoms with Gasteiger partial charge in [-0.1, -0.05) is 6.07 Å². The maximum absolute atomic E-state index is 12.9. The lowest BCUT2D eigenvalue weighted by Gasteiger charge is -2.26. The number of hydrogen-bond acceptors (Lipinski definition) is 5. The molecule has 1 saturated heterocycles. The monoisotopic (exact) mass is 444 g/mol. The minimum Gasteiger partial charge on any atom is -0.503 e. The number of nitrogens with zero attached hydrogens (tertiary/aromatic N) is 1. The van der Waals surface area contributed by atoms with Gasteiger partial charge in [-0.2, -0.15) is 0 Å². The molecule has 2 aromatic rings. The van der Waals surface area contributed by atoms with Crippen molar-refractivity contribution in [1.82, 2.24) is 5.32 Å². The quantitative estimate of drug-likeness (QED) is 0.558. The highest BCUT2D eigenvalue weighted by atomic mass is 79.9. The highest BCUT2D eigenvalue weighted by Crippen LogP contribution is 2.36. The smallest absolute Gasteiger partial charge is 0.335 e. The van der Waals surface area contributed by atoms with Gasteiger partial charge < -0.3 is 9.84 Å². The van der Waals surface area contributed by atoms with Crippen molar-refractivity contribution in [2.24, 2.45) is 0 Å². The van der Waals surface area contributed by atoms with Crippen LogP contribution in [-0.2, 0) is 9.59 Å². The Morgan fingerprint density at radius 1 is 1.11 bits per heavy atom. The Kier molecular flexibility index (Phi) is 5.24. The molecular weight excluding hydrogens is 428 g/mol. The molecule has 0 aliphatic carbocycles. The summed E-state index contributed by atoms with van der Waals surface area (Å²) < 4.78 is 5.42. The number of carbonyl (C=O) groups is 3. The Morgan fingerprint density at radius 2 is 1.82 bits per heavy atom. The Balaban J connectivity index is 2.06. The van der Waals surface area contributed by atoms with Gasteiger partial charge in [-0.3, -0.25) is 14.9 Å². The molecule has 0 spiro atoms. The van der Waals surface area contributed by atoms with E-state index in [1.165, 1.54) is 25.3 Å². The number of barbiturate groups is 1. The van der Waals surface area contributed by atoms with E-state index in [2.05, 4.69) is 21.2 Å². The van der Waals surface area contributed by atoms with Gasteiger partial charge in [-0.05, 0) is 76.8 Å².